The van der Waals surface area contributed by atoms with E-state index in [2.05, 4.69) is 36.1 Å². The van der Waals surface area contributed by atoms with E-state index >= 15 is 0 Å². The van der Waals surface area contributed by atoms with Crippen LogP contribution in [0.4, 0.5) is 0 Å². The molecular weight excluding hydrogens is 212 g/mol. The Balaban J connectivity index is 1.69. The van der Waals surface area contributed by atoms with Gasteiger partial charge in [-0.3, -0.25) is 4.68 Å². The first-order chi connectivity index (χ1) is 8.19. The van der Waals surface area contributed by atoms with Gasteiger partial charge in [0.15, 0.2) is 0 Å². The lowest BCUT2D eigenvalue weighted by atomic mass is 9.74. The van der Waals surface area contributed by atoms with Crippen LogP contribution < -0.4 is 5.43 Å². The van der Waals surface area contributed by atoms with Crippen LogP contribution in [0.5, 0.6) is 0 Å². The summed E-state index contributed by atoms with van der Waals surface area (Å²) in [5.41, 5.74) is 6.46. The quantitative estimate of drug-likeness (QED) is 0.851. The zero-order valence-electron chi connectivity index (χ0n) is 10.8. The van der Waals surface area contributed by atoms with Crippen LogP contribution in [0, 0.1) is 13.8 Å². The molecule has 1 aromatic rings. The molecule has 2 heterocycles. The predicted octanol–water partition coefficient (Wildman–Crippen LogP) is 2.75. The van der Waals surface area contributed by atoms with Crippen molar-refractivity contribution in [3.63, 3.8) is 0 Å². The Bertz CT molecular complexity index is 387. The molecule has 0 bridgehead atoms. The third kappa shape index (κ3) is 1.97. The fourth-order valence-corrected chi connectivity index (χ4v) is 3.11. The fourth-order valence-electron chi connectivity index (χ4n) is 3.11. The van der Waals surface area contributed by atoms with Crippen molar-refractivity contribution >= 4 is 0 Å². The lowest BCUT2D eigenvalue weighted by Gasteiger charge is -2.47. The monoisotopic (exact) mass is 234 g/mol. The van der Waals surface area contributed by atoms with Gasteiger partial charge in [0, 0.05) is 24.0 Å². The lowest BCUT2D eigenvalue weighted by molar-refractivity contribution is -0.131. The maximum atomic E-state index is 5.96. The van der Waals surface area contributed by atoms with E-state index in [9.17, 15) is 0 Å². The van der Waals surface area contributed by atoms with Crippen molar-refractivity contribution in [1.29, 1.82) is 0 Å². The smallest absolute Gasteiger partial charge is 0.0702 e. The number of hydrogen-bond acceptors (Lipinski definition) is 2. The van der Waals surface area contributed by atoms with Gasteiger partial charge in [0.05, 0.1) is 5.60 Å². The third-order valence-electron chi connectivity index (χ3n) is 4.34. The van der Waals surface area contributed by atoms with E-state index in [1.165, 1.54) is 37.1 Å². The van der Waals surface area contributed by atoms with Crippen LogP contribution in [0.25, 0.3) is 0 Å². The molecule has 2 aliphatic rings. The zero-order chi connectivity index (χ0) is 11.9. The number of ether oxygens (including phenoxy) is 1. The SMILES string of the molecule is Cc1ccc(C)n1NC1CCOC2(CCC2)C1. The summed E-state index contributed by atoms with van der Waals surface area (Å²) >= 11 is 0. The second kappa shape index (κ2) is 4.05. The molecule has 1 unspecified atom stereocenters. The van der Waals surface area contributed by atoms with Crippen LogP contribution in [-0.4, -0.2) is 22.9 Å². The first-order valence-electron chi connectivity index (χ1n) is 6.74. The van der Waals surface area contributed by atoms with E-state index in [1.54, 1.807) is 0 Å². The van der Waals surface area contributed by atoms with E-state index in [1.807, 2.05) is 0 Å². The molecule has 2 fully saturated rings. The van der Waals surface area contributed by atoms with Crippen molar-refractivity contribution < 1.29 is 4.74 Å². The number of aromatic nitrogens is 1. The van der Waals surface area contributed by atoms with E-state index in [4.69, 9.17) is 4.74 Å². The van der Waals surface area contributed by atoms with Gasteiger partial charge in [-0.25, -0.2) is 0 Å². The molecular formula is C14H22N2O. The highest BCUT2D eigenvalue weighted by atomic mass is 16.5. The molecule has 0 aromatic carbocycles. The Labute approximate surface area is 103 Å². The molecule has 1 atom stereocenters. The summed E-state index contributed by atoms with van der Waals surface area (Å²) < 4.78 is 8.19. The molecule has 1 saturated heterocycles. The maximum Gasteiger partial charge on any atom is 0.0702 e. The predicted molar refractivity (Wildman–Crippen MR) is 68.8 cm³/mol. The summed E-state index contributed by atoms with van der Waals surface area (Å²) in [6.45, 7) is 5.22. The molecule has 3 nitrogen and oxygen atoms in total. The largest absolute Gasteiger partial charge is 0.375 e. The Hall–Kier alpha value is -0.960. The maximum absolute atomic E-state index is 5.96. The molecule has 1 N–H and O–H groups in total. The minimum atomic E-state index is 0.227. The summed E-state index contributed by atoms with van der Waals surface area (Å²) in [6, 6.07) is 4.90. The van der Waals surface area contributed by atoms with Crippen molar-refractivity contribution in [1.82, 2.24) is 4.68 Å². The molecule has 3 heteroatoms. The third-order valence-corrected chi connectivity index (χ3v) is 4.34. The topological polar surface area (TPSA) is 26.2 Å². The summed E-state index contributed by atoms with van der Waals surface area (Å²) in [6.07, 6.45) is 6.15. The highest BCUT2D eigenvalue weighted by Crippen LogP contribution is 2.42. The fraction of sp³-hybridized carbons (Fsp3) is 0.714. The number of hydrogen-bond donors (Lipinski definition) is 1. The van der Waals surface area contributed by atoms with Crippen LogP contribution in [0.2, 0.25) is 0 Å². The van der Waals surface area contributed by atoms with E-state index < -0.39 is 0 Å². The van der Waals surface area contributed by atoms with Crippen LogP contribution in [0.15, 0.2) is 12.1 Å². The minimum absolute atomic E-state index is 0.227. The van der Waals surface area contributed by atoms with Crippen molar-refractivity contribution in [2.75, 3.05) is 12.0 Å². The van der Waals surface area contributed by atoms with Gasteiger partial charge >= 0.3 is 0 Å². The molecule has 17 heavy (non-hydrogen) atoms. The lowest BCUT2D eigenvalue weighted by Crippen LogP contribution is -2.50. The Kier molecular flexibility index (Phi) is 2.66. The average molecular weight is 234 g/mol. The van der Waals surface area contributed by atoms with Crippen LogP contribution in [-0.2, 0) is 4.74 Å². The highest BCUT2D eigenvalue weighted by Gasteiger charge is 2.42. The molecule has 3 rings (SSSR count). The van der Waals surface area contributed by atoms with Gasteiger partial charge in [0.1, 0.15) is 0 Å². The van der Waals surface area contributed by atoms with E-state index in [0.717, 1.165) is 13.0 Å². The summed E-state index contributed by atoms with van der Waals surface area (Å²) in [7, 11) is 0. The van der Waals surface area contributed by atoms with Crippen molar-refractivity contribution in [3.8, 4) is 0 Å². The van der Waals surface area contributed by atoms with Crippen molar-refractivity contribution in [2.24, 2.45) is 0 Å². The normalized spacial score (nSPS) is 26.8. The Morgan fingerprint density at radius 2 is 2.00 bits per heavy atom. The second-order valence-corrected chi connectivity index (χ2v) is 5.66. The Morgan fingerprint density at radius 1 is 1.29 bits per heavy atom. The molecule has 0 amide bonds. The number of rotatable bonds is 2. The molecule has 94 valence electrons. The van der Waals surface area contributed by atoms with Crippen molar-refractivity contribution in [3.05, 3.63) is 23.5 Å². The van der Waals surface area contributed by atoms with Crippen LogP contribution in [0.1, 0.15) is 43.5 Å². The molecule has 1 aliphatic carbocycles. The molecule has 1 saturated carbocycles. The number of nitrogens with one attached hydrogen (secondary N) is 1. The first kappa shape index (κ1) is 11.1. The molecule has 1 aromatic heterocycles. The van der Waals surface area contributed by atoms with Crippen LogP contribution in [0.3, 0.4) is 0 Å². The van der Waals surface area contributed by atoms with Crippen molar-refractivity contribution in [2.45, 2.75) is 57.6 Å². The van der Waals surface area contributed by atoms with Gasteiger partial charge in [0.2, 0.25) is 0 Å². The first-order valence-corrected chi connectivity index (χ1v) is 6.74. The molecule has 0 radical (unpaired) electrons. The molecule has 1 aliphatic heterocycles. The average Bonchev–Trinajstić information content (AvgIpc) is 2.59. The highest BCUT2D eigenvalue weighted by molar-refractivity contribution is 5.16. The Morgan fingerprint density at radius 3 is 2.59 bits per heavy atom. The summed E-state index contributed by atoms with van der Waals surface area (Å²) in [5, 5.41) is 0. The van der Waals surface area contributed by atoms with Gasteiger partial charge in [-0.1, -0.05) is 0 Å². The summed E-state index contributed by atoms with van der Waals surface area (Å²) in [4.78, 5) is 0. The minimum Gasteiger partial charge on any atom is -0.375 e. The standard InChI is InChI=1S/C14H22N2O/c1-11-4-5-12(2)16(11)15-13-6-9-17-14(10-13)7-3-8-14/h4-5,13,15H,3,6-10H2,1-2H3. The second-order valence-electron chi connectivity index (χ2n) is 5.66. The van der Waals surface area contributed by atoms with Gasteiger partial charge < -0.3 is 10.2 Å². The van der Waals surface area contributed by atoms with E-state index in [0.29, 0.717) is 6.04 Å². The van der Waals surface area contributed by atoms with E-state index in [-0.39, 0.29) is 5.60 Å². The van der Waals surface area contributed by atoms with Gasteiger partial charge in [-0.15, -0.1) is 0 Å². The number of aryl methyl sites for hydroxylation is 2. The zero-order valence-corrected chi connectivity index (χ0v) is 10.8. The molecule has 1 spiro atoms. The van der Waals surface area contributed by atoms with Gasteiger partial charge in [0.25, 0.3) is 0 Å². The summed E-state index contributed by atoms with van der Waals surface area (Å²) in [5.74, 6) is 0. The van der Waals surface area contributed by atoms with Gasteiger partial charge in [-0.05, 0) is 58.1 Å². The number of nitrogens with zero attached hydrogens (tertiary/aromatic N) is 1. The van der Waals surface area contributed by atoms with Crippen LogP contribution >= 0.6 is 0 Å². The van der Waals surface area contributed by atoms with Gasteiger partial charge in [-0.2, -0.15) is 0 Å².